The third-order valence-corrected chi connectivity index (χ3v) is 9.86. The van der Waals surface area contributed by atoms with E-state index in [9.17, 15) is 15.2 Å². The molecule has 4 aliphatic carbocycles. The van der Waals surface area contributed by atoms with E-state index in [1.807, 2.05) is 0 Å². The van der Waals surface area contributed by atoms with Crippen LogP contribution in [0, 0.1) is 51.8 Å². The van der Waals surface area contributed by atoms with Gasteiger partial charge in [0.2, 0.25) is 0 Å². The first kappa shape index (κ1) is 20.2. The minimum absolute atomic E-state index is 0.0958. The number of nitrogens with zero attached hydrogens (tertiary/aromatic N) is 1. The second kappa shape index (κ2) is 6.73. The quantitative estimate of drug-likeness (QED) is 0.543. The van der Waals surface area contributed by atoms with Crippen LogP contribution in [-0.4, -0.2) is 22.8 Å². The first-order chi connectivity index (χ1) is 13.1. The lowest BCUT2D eigenvalue weighted by Gasteiger charge is -2.61. The normalized spacial score (nSPS) is 49.7. The van der Waals surface area contributed by atoms with Crippen LogP contribution >= 0.6 is 0 Å². The standard InChI is InChI=1S/C24H37NO3/c1-15(26)28-17-9-11-22(2)16(13-17)5-6-18-19-7-8-21(24(4,27)14-25)23(19,3)12-10-20(18)22/h16-21,27H,5-13H2,1-4H3/t16?,17-,18?,19?,20?,21-,22-,23-,24?/m0/s1. The van der Waals surface area contributed by atoms with E-state index in [0.29, 0.717) is 17.3 Å². The highest BCUT2D eigenvalue weighted by molar-refractivity contribution is 5.66. The van der Waals surface area contributed by atoms with Crippen molar-refractivity contribution in [3.8, 4) is 6.07 Å². The molecule has 4 rings (SSSR count). The Morgan fingerprint density at radius 2 is 1.75 bits per heavy atom. The summed E-state index contributed by atoms with van der Waals surface area (Å²) in [5.74, 6) is 2.73. The number of fused-ring (bicyclic) bond motifs is 5. The van der Waals surface area contributed by atoms with Crippen molar-refractivity contribution in [3.63, 3.8) is 0 Å². The highest BCUT2D eigenvalue weighted by Gasteiger charge is 2.62. The predicted octanol–water partition coefficient (Wildman–Crippen LogP) is 4.85. The Bertz CT molecular complexity index is 682. The zero-order valence-electron chi connectivity index (χ0n) is 18.0. The predicted molar refractivity (Wildman–Crippen MR) is 107 cm³/mol. The fourth-order valence-corrected chi connectivity index (χ4v) is 8.56. The lowest BCUT2D eigenvalue weighted by atomic mass is 9.44. The number of esters is 1. The topological polar surface area (TPSA) is 70.3 Å². The third-order valence-electron chi connectivity index (χ3n) is 9.86. The summed E-state index contributed by atoms with van der Waals surface area (Å²) in [7, 11) is 0. The van der Waals surface area contributed by atoms with Gasteiger partial charge in [-0.15, -0.1) is 0 Å². The molecule has 0 amide bonds. The van der Waals surface area contributed by atoms with Crippen LogP contribution in [0.5, 0.6) is 0 Å². The molecular formula is C24H37NO3. The van der Waals surface area contributed by atoms with E-state index < -0.39 is 5.60 Å². The van der Waals surface area contributed by atoms with Crippen LogP contribution in [0.1, 0.15) is 85.5 Å². The Morgan fingerprint density at radius 1 is 1.07 bits per heavy atom. The van der Waals surface area contributed by atoms with E-state index >= 15 is 0 Å². The SMILES string of the molecule is CC(=O)O[C@H]1CC[C@@]2(C)C(CCC3C2CC[C@@]2(C)C3CC[C@@H]2C(C)(O)C#N)C1. The van der Waals surface area contributed by atoms with Gasteiger partial charge in [0.25, 0.3) is 0 Å². The van der Waals surface area contributed by atoms with E-state index in [0.717, 1.165) is 43.9 Å². The zero-order valence-corrected chi connectivity index (χ0v) is 18.0. The summed E-state index contributed by atoms with van der Waals surface area (Å²) in [4.78, 5) is 11.4. The van der Waals surface area contributed by atoms with Crippen molar-refractivity contribution in [1.29, 1.82) is 5.26 Å². The molecule has 0 aromatic carbocycles. The molecule has 4 aliphatic rings. The van der Waals surface area contributed by atoms with Gasteiger partial charge in [-0.05, 0) is 99.2 Å². The fourth-order valence-electron chi connectivity index (χ4n) is 8.56. The molecule has 0 spiro atoms. The van der Waals surface area contributed by atoms with Crippen LogP contribution in [0.25, 0.3) is 0 Å². The molecule has 0 aromatic rings. The van der Waals surface area contributed by atoms with Gasteiger partial charge < -0.3 is 9.84 Å². The van der Waals surface area contributed by atoms with E-state index in [4.69, 9.17) is 4.74 Å². The summed E-state index contributed by atoms with van der Waals surface area (Å²) < 4.78 is 5.57. The minimum Gasteiger partial charge on any atom is -0.463 e. The van der Waals surface area contributed by atoms with E-state index in [-0.39, 0.29) is 23.4 Å². The van der Waals surface area contributed by atoms with E-state index in [1.165, 1.54) is 32.6 Å². The summed E-state index contributed by atoms with van der Waals surface area (Å²) in [5.41, 5.74) is -0.755. The van der Waals surface area contributed by atoms with Gasteiger partial charge in [-0.2, -0.15) is 5.26 Å². The second-order valence-electron chi connectivity index (χ2n) is 11.1. The number of ether oxygens (including phenoxy) is 1. The molecule has 4 nitrogen and oxygen atoms in total. The Balaban J connectivity index is 1.54. The van der Waals surface area contributed by atoms with Gasteiger partial charge in [0, 0.05) is 12.8 Å². The van der Waals surface area contributed by atoms with Gasteiger partial charge in [-0.25, -0.2) is 0 Å². The molecule has 156 valence electrons. The molecule has 5 unspecified atom stereocenters. The molecular weight excluding hydrogens is 350 g/mol. The Morgan fingerprint density at radius 3 is 2.43 bits per heavy atom. The molecule has 4 heteroatoms. The summed E-state index contributed by atoms with van der Waals surface area (Å²) in [6, 6.07) is 2.20. The molecule has 1 N–H and O–H groups in total. The molecule has 0 heterocycles. The number of carbonyl (C=O) groups excluding carboxylic acids is 1. The molecule has 0 bridgehead atoms. The molecule has 0 radical (unpaired) electrons. The monoisotopic (exact) mass is 387 g/mol. The Kier molecular flexibility index (Phi) is 4.85. The first-order valence-corrected chi connectivity index (χ1v) is 11.4. The fraction of sp³-hybridized carbons (Fsp3) is 0.917. The summed E-state index contributed by atoms with van der Waals surface area (Å²) in [6.07, 6.45) is 10.3. The van der Waals surface area contributed by atoms with Crippen LogP contribution in [-0.2, 0) is 9.53 Å². The van der Waals surface area contributed by atoms with E-state index in [2.05, 4.69) is 19.9 Å². The lowest BCUT2D eigenvalue weighted by molar-refractivity contribution is -0.162. The van der Waals surface area contributed by atoms with Gasteiger partial charge in [0.05, 0.1) is 6.07 Å². The number of nitriles is 1. The highest BCUT2D eigenvalue weighted by atomic mass is 16.5. The van der Waals surface area contributed by atoms with Crippen LogP contribution < -0.4 is 0 Å². The van der Waals surface area contributed by atoms with E-state index in [1.54, 1.807) is 6.92 Å². The van der Waals surface area contributed by atoms with Crippen molar-refractivity contribution < 1.29 is 14.6 Å². The highest BCUT2D eigenvalue weighted by Crippen LogP contribution is 2.68. The van der Waals surface area contributed by atoms with Crippen molar-refractivity contribution in [3.05, 3.63) is 0 Å². The summed E-state index contributed by atoms with van der Waals surface area (Å²) in [5, 5.41) is 20.3. The van der Waals surface area contributed by atoms with Crippen LogP contribution in [0.4, 0.5) is 0 Å². The minimum atomic E-state index is -1.21. The zero-order chi connectivity index (χ0) is 20.3. The molecule has 4 saturated carbocycles. The second-order valence-corrected chi connectivity index (χ2v) is 11.1. The van der Waals surface area contributed by atoms with Crippen LogP contribution in [0.15, 0.2) is 0 Å². The van der Waals surface area contributed by atoms with Crippen molar-refractivity contribution in [1.82, 2.24) is 0 Å². The summed E-state index contributed by atoms with van der Waals surface area (Å²) in [6.45, 7) is 8.13. The first-order valence-electron chi connectivity index (χ1n) is 11.4. The maximum atomic E-state index is 11.4. The average molecular weight is 388 g/mol. The Labute approximate surface area is 170 Å². The van der Waals surface area contributed by atoms with Crippen molar-refractivity contribution in [2.45, 2.75) is 97.2 Å². The molecule has 0 aromatic heterocycles. The van der Waals surface area contributed by atoms with Gasteiger partial charge in [-0.3, -0.25) is 4.79 Å². The number of hydrogen-bond donors (Lipinski definition) is 1. The average Bonchev–Trinajstić information content (AvgIpc) is 2.99. The number of rotatable bonds is 2. The van der Waals surface area contributed by atoms with Gasteiger partial charge >= 0.3 is 5.97 Å². The van der Waals surface area contributed by atoms with Crippen molar-refractivity contribution in [2.24, 2.45) is 40.4 Å². The number of aliphatic hydroxyl groups is 1. The Hall–Kier alpha value is -1.08. The third kappa shape index (κ3) is 2.92. The number of carbonyl (C=O) groups is 1. The molecule has 4 fully saturated rings. The largest absolute Gasteiger partial charge is 0.463 e. The maximum Gasteiger partial charge on any atom is 0.302 e. The molecule has 0 saturated heterocycles. The molecule has 28 heavy (non-hydrogen) atoms. The smallest absolute Gasteiger partial charge is 0.302 e. The van der Waals surface area contributed by atoms with Crippen molar-refractivity contribution >= 4 is 5.97 Å². The van der Waals surface area contributed by atoms with Crippen LogP contribution in [0.3, 0.4) is 0 Å². The van der Waals surface area contributed by atoms with Gasteiger partial charge in [0.1, 0.15) is 6.10 Å². The maximum absolute atomic E-state index is 11.4. The van der Waals surface area contributed by atoms with Crippen molar-refractivity contribution in [2.75, 3.05) is 0 Å². The number of hydrogen-bond acceptors (Lipinski definition) is 4. The van der Waals surface area contributed by atoms with Gasteiger partial charge in [0.15, 0.2) is 5.60 Å². The lowest BCUT2D eigenvalue weighted by Crippen LogP contribution is -2.55. The van der Waals surface area contributed by atoms with Crippen LogP contribution in [0.2, 0.25) is 0 Å². The summed E-state index contributed by atoms with van der Waals surface area (Å²) >= 11 is 0. The molecule has 0 aliphatic heterocycles. The molecule has 9 atom stereocenters. The van der Waals surface area contributed by atoms with Gasteiger partial charge in [-0.1, -0.05) is 13.8 Å².